The highest BCUT2D eigenvalue weighted by Crippen LogP contribution is 2.21. The Hall–Kier alpha value is -0.800. The van der Waals surface area contributed by atoms with Crippen LogP contribution in [0.5, 0.6) is 0 Å². The average molecular weight is 209 g/mol. The Morgan fingerprint density at radius 3 is 3.00 bits per heavy atom. The second-order valence-electron chi connectivity index (χ2n) is 4.09. The predicted octanol–water partition coefficient (Wildman–Crippen LogP) is 2.38. The number of rotatable bonds is 6. The first-order valence-corrected chi connectivity index (χ1v) is 5.69. The maximum absolute atomic E-state index is 5.60. The molecular formula is C12H19NO2. The van der Waals surface area contributed by atoms with Gasteiger partial charge in [-0.25, -0.2) is 0 Å². The van der Waals surface area contributed by atoms with Gasteiger partial charge < -0.3 is 14.5 Å². The molecule has 0 spiro atoms. The van der Waals surface area contributed by atoms with Gasteiger partial charge >= 0.3 is 0 Å². The molecule has 1 fully saturated rings. The molecule has 0 bridgehead atoms. The zero-order chi connectivity index (χ0) is 10.7. The first-order valence-electron chi connectivity index (χ1n) is 5.69. The van der Waals surface area contributed by atoms with Gasteiger partial charge in [-0.15, -0.1) is 0 Å². The van der Waals surface area contributed by atoms with Gasteiger partial charge in [-0.05, 0) is 32.8 Å². The van der Waals surface area contributed by atoms with Gasteiger partial charge in [0.05, 0.1) is 0 Å². The van der Waals surface area contributed by atoms with E-state index in [1.165, 1.54) is 18.4 Å². The molecule has 84 valence electrons. The number of hydrogen-bond donors (Lipinski definition) is 1. The van der Waals surface area contributed by atoms with E-state index < -0.39 is 0 Å². The highest BCUT2D eigenvalue weighted by molar-refractivity contribution is 5.20. The van der Waals surface area contributed by atoms with Crippen LogP contribution in [0.25, 0.3) is 0 Å². The summed E-state index contributed by atoms with van der Waals surface area (Å²) in [6.07, 6.45) is 2.64. The standard InChI is InChI=1S/C12H19NO2/c1-3-14-8-12-6-10(9(2)15-12)7-13-11-4-5-11/h6,11,13H,3-5,7-8H2,1-2H3. The molecule has 0 saturated heterocycles. The lowest BCUT2D eigenvalue weighted by molar-refractivity contribution is 0.117. The SMILES string of the molecule is CCOCc1cc(CNC2CC2)c(C)o1. The second kappa shape index (κ2) is 4.81. The Morgan fingerprint density at radius 1 is 1.53 bits per heavy atom. The molecule has 1 heterocycles. The third-order valence-electron chi connectivity index (χ3n) is 2.68. The van der Waals surface area contributed by atoms with Crippen molar-refractivity contribution >= 4 is 0 Å². The molecule has 0 aromatic carbocycles. The van der Waals surface area contributed by atoms with E-state index in [4.69, 9.17) is 9.15 Å². The van der Waals surface area contributed by atoms with Crippen LogP contribution in [-0.2, 0) is 17.9 Å². The van der Waals surface area contributed by atoms with Crippen molar-refractivity contribution in [2.24, 2.45) is 0 Å². The first kappa shape index (κ1) is 10.7. The molecule has 0 unspecified atom stereocenters. The minimum Gasteiger partial charge on any atom is -0.464 e. The monoisotopic (exact) mass is 209 g/mol. The summed E-state index contributed by atoms with van der Waals surface area (Å²) in [5.74, 6) is 1.94. The lowest BCUT2D eigenvalue weighted by Gasteiger charge is -1.99. The zero-order valence-electron chi connectivity index (χ0n) is 9.51. The van der Waals surface area contributed by atoms with E-state index in [-0.39, 0.29) is 0 Å². The highest BCUT2D eigenvalue weighted by atomic mass is 16.5. The van der Waals surface area contributed by atoms with Crippen molar-refractivity contribution in [2.45, 2.75) is 45.9 Å². The number of ether oxygens (including phenoxy) is 1. The van der Waals surface area contributed by atoms with Crippen LogP contribution < -0.4 is 5.32 Å². The van der Waals surface area contributed by atoms with Gasteiger partial charge in [0.15, 0.2) is 0 Å². The summed E-state index contributed by atoms with van der Waals surface area (Å²) >= 11 is 0. The molecule has 0 radical (unpaired) electrons. The molecule has 1 aliphatic carbocycles. The Bertz CT molecular complexity index is 315. The van der Waals surface area contributed by atoms with Gasteiger partial charge in [-0.3, -0.25) is 0 Å². The second-order valence-corrected chi connectivity index (χ2v) is 4.09. The lowest BCUT2D eigenvalue weighted by atomic mass is 10.2. The molecular weight excluding hydrogens is 190 g/mol. The van der Waals surface area contributed by atoms with Crippen LogP contribution in [0.15, 0.2) is 10.5 Å². The summed E-state index contributed by atoms with van der Waals surface area (Å²) in [6, 6.07) is 2.84. The molecule has 0 aliphatic heterocycles. The van der Waals surface area contributed by atoms with Crippen LogP contribution >= 0.6 is 0 Å². The highest BCUT2D eigenvalue weighted by Gasteiger charge is 2.20. The molecule has 2 rings (SSSR count). The molecule has 3 nitrogen and oxygen atoms in total. The van der Waals surface area contributed by atoms with Gasteiger partial charge in [0, 0.05) is 24.8 Å². The molecule has 1 aromatic rings. The largest absolute Gasteiger partial charge is 0.464 e. The maximum atomic E-state index is 5.60. The van der Waals surface area contributed by atoms with Crippen LogP contribution in [0.2, 0.25) is 0 Å². The quantitative estimate of drug-likeness (QED) is 0.781. The summed E-state index contributed by atoms with van der Waals surface area (Å²) in [4.78, 5) is 0. The van der Waals surface area contributed by atoms with Crippen molar-refractivity contribution in [3.8, 4) is 0 Å². The van der Waals surface area contributed by atoms with Crippen LogP contribution in [0.3, 0.4) is 0 Å². The van der Waals surface area contributed by atoms with E-state index in [1.54, 1.807) is 0 Å². The van der Waals surface area contributed by atoms with Gasteiger partial charge in [0.1, 0.15) is 18.1 Å². The Kier molecular flexibility index (Phi) is 3.44. The molecule has 1 aromatic heterocycles. The fourth-order valence-electron chi connectivity index (χ4n) is 1.58. The lowest BCUT2D eigenvalue weighted by Crippen LogP contribution is -2.15. The Labute approximate surface area is 90.8 Å². The van der Waals surface area contributed by atoms with Crippen LogP contribution in [0.4, 0.5) is 0 Å². The van der Waals surface area contributed by atoms with Crippen LogP contribution in [0.1, 0.15) is 36.8 Å². The van der Waals surface area contributed by atoms with E-state index in [0.717, 1.165) is 30.7 Å². The predicted molar refractivity (Wildman–Crippen MR) is 58.6 cm³/mol. The fourth-order valence-corrected chi connectivity index (χ4v) is 1.58. The third kappa shape index (κ3) is 3.08. The number of hydrogen-bond acceptors (Lipinski definition) is 3. The Morgan fingerprint density at radius 2 is 2.33 bits per heavy atom. The summed E-state index contributed by atoms with van der Waals surface area (Å²) in [7, 11) is 0. The molecule has 1 saturated carbocycles. The van der Waals surface area contributed by atoms with Crippen molar-refractivity contribution < 1.29 is 9.15 Å². The summed E-state index contributed by atoms with van der Waals surface area (Å²) in [5.41, 5.74) is 1.26. The van der Waals surface area contributed by atoms with E-state index in [0.29, 0.717) is 6.61 Å². The number of aryl methyl sites for hydroxylation is 1. The van der Waals surface area contributed by atoms with Crippen LogP contribution in [0, 0.1) is 6.92 Å². The minimum atomic E-state index is 0.584. The van der Waals surface area contributed by atoms with E-state index >= 15 is 0 Å². The Balaban J connectivity index is 1.87. The van der Waals surface area contributed by atoms with Gasteiger partial charge in [-0.1, -0.05) is 0 Å². The fraction of sp³-hybridized carbons (Fsp3) is 0.667. The third-order valence-corrected chi connectivity index (χ3v) is 2.68. The maximum Gasteiger partial charge on any atom is 0.130 e. The van der Waals surface area contributed by atoms with Crippen molar-refractivity contribution in [1.29, 1.82) is 0 Å². The smallest absolute Gasteiger partial charge is 0.130 e. The van der Waals surface area contributed by atoms with E-state index in [9.17, 15) is 0 Å². The summed E-state index contributed by atoms with van der Waals surface area (Å²) < 4.78 is 10.9. The summed E-state index contributed by atoms with van der Waals surface area (Å²) in [5, 5.41) is 3.48. The molecule has 15 heavy (non-hydrogen) atoms. The summed E-state index contributed by atoms with van der Waals surface area (Å²) in [6.45, 7) is 6.24. The number of nitrogens with one attached hydrogen (secondary N) is 1. The zero-order valence-corrected chi connectivity index (χ0v) is 9.51. The normalized spacial score (nSPS) is 15.9. The van der Waals surface area contributed by atoms with Gasteiger partial charge in [0.25, 0.3) is 0 Å². The molecule has 0 atom stereocenters. The average Bonchev–Trinajstić information content (AvgIpc) is 2.98. The van der Waals surface area contributed by atoms with E-state index in [2.05, 4.69) is 11.4 Å². The van der Waals surface area contributed by atoms with Crippen molar-refractivity contribution in [3.63, 3.8) is 0 Å². The van der Waals surface area contributed by atoms with Crippen molar-refractivity contribution in [3.05, 3.63) is 23.2 Å². The molecule has 1 aliphatic rings. The van der Waals surface area contributed by atoms with E-state index in [1.807, 2.05) is 13.8 Å². The first-order chi connectivity index (χ1) is 7.29. The molecule has 1 N–H and O–H groups in total. The molecule has 3 heteroatoms. The minimum absolute atomic E-state index is 0.584. The topological polar surface area (TPSA) is 34.4 Å². The van der Waals surface area contributed by atoms with Crippen molar-refractivity contribution in [2.75, 3.05) is 6.61 Å². The van der Waals surface area contributed by atoms with Crippen molar-refractivity contribution in [1.82, 2.24) is 5.32 Å². The van der Waals surface area contributed by atoms with Gasteiger partial charge in [-0.2, -0.15) is 0 Å². The molecule has 0 amide bonds. The number of furan rings is 1. The van der Waals surface area contributed by atoms with Gasteiger partial charge in [0.2, 0.25) is 0 Å². The van der Waals surface area contributed by atoms with Crippen LogP contribution in [-0.4, -0.2) is 12.6 Å².